The first kappa shape index (κ1) is 29.3. The van der Waals surface area contributed by atoms with Gasteiger partial charge in [-0.05, 0) is 49.9 Å². The first-order valence-electron chi connectivity index (χ1n) is 15.4. The largest absolute Gasteiger partial charge is 0.484 e. The van der Waals surface area contributed by atoms with Crippen molar-refractivity contribution in [3.63, 3.8) is 0 Å². The number of aromatic nitrogens is 4. The highest BCUT2D eigenvalue weighted by molar-refractivity contribution is 6.00. The van der Waals surface area contributed by atoms with E-state index in [1.54, 1.807) is 40.0 Å². The molecule has 2 fully saturated rings. The minimum atomic E-state index is -0.260. The molecule has 7 rings (SSSR count). The Bertz CT molecular complexity index is 1810. The van der Waals surface area contributed by atoms with Crippen LogP contribution in [0.2, 0.25) is 0 Å². The maximum Gasteiger partial charge on any atom is 0.317 e. The molecular formula is C32H33N9O5. The van der Waals surface area contributed by atoms with Crippen molar-refractivity contribution in [1.29, 1.82) is 5.26 Å². The number of anilines is 2. The zero-order valence-corrected chi connectivity index (χ0v) is 25.1. The van der Waals surface area contributed by atoms with Crippen molar-refractivity contribution in [2.45, 2.75) is 37.8 Å². The monoisotopic (exact) mass is 623 g/mol. The van der Waals surface area contributed by atoms with Crippen LogP contribution in [0.15, 0.2) is 48.9 Å². The average molecular weight is 624 g/mol. The molecule has 236 valence electrons. The van der Waals surface area contributed by atoms with Crippen LogP contribution in [0.1, 0.15) is 41.6 Å². The van der Waals surface area contributed by atoms with Gasteiger partial charge in [-0.3, -0.25) is 9.78 Å². The van der Waals surface area contributed by atoms with Gasteiger partial charge in [0.2, 0.25) is 0 Å². The fraction of sp³-hybridized carbons (Fsp3) is 0.375. The molecule has 1 saturated carbocycles. The smallest absolute Gasteiger partial charge is 0.317 e. The van der Waals surface area contributed by atoms with Crippen LogP contribution in [0.3, 0.4) is 0 Å². The first-order valence-corrected chi connectivity index (χ1v) is 15.4. The van der Waals surface area contributed by atoms with Gasteiger partial charge in [0.25, 0.3) is 11.8 Å². The second-order valence-corrected chi connectivity index (χ2v) is 11.4. The summed E-state index contributed by atoms with van der Waals surface area (Å²) in [6.07, 6.45) is 7.71. The van der Waals surface area contributed by atoms with E-state index < -0.39 is 0 Å². The molecule has 6 heterocycles. The molecule has 3 N–H and O–H groups in total. The van der Waals surface area contributed by atoms with E-state index in [1.165, 1.54) is 6.20 Å². The van der Waals surface area contributed by atoms with Crippen LogP contribution in [0.25, 0.3) is 16.9 Å². The topological polar surface area (TPSA) is 168 Å². The van der Waals surface area contributed by atoms with Crippen LogP contribution in [0.4, 0.5) is 16.2 Å². The number of fused-ring (bicyclic) bond motifs is 2. The van der Waals surface area contributed by atoms with Gasteiger partial charge in [0.05, 0.1) is 65.0 Å². The number of nitriles is 1. The molecule has 4 aromatic heterocycles. The fourth-order valence-electron chi connectivity index (χ4n) is 5.97. The van der Waals surface area contributed by atoms with Crippen molar-refractivity contribution >= 4 is 28.8 Å². The summed E-state index contributed by atoms with van der Waals surface area (Å²) < 4.78 is 18.3. The summed E-state index contributed by atoms with van der Waals surface area (Å²) in [6, 6.07) is 11.2. The number of ether oxygens (including phenoxy) is 3. The third-order valence-electron chi connectivity index (χ3n) is 8.41. The van der Waals surface area contributed by atoms with Gasteiger partial charge in [0.15, 0.2) is 5.75 Å². The SMILES string of the molecule is N#Cc1cnn2c(-c3cc(Nc4cnc5c(c4)OCCO5)c(C(=O)N[C@H]4CC[C@H](NC(=O)N5CCOCC5)CC4)cn3)ccc2c1. The number of amides is 3. The maximum absolute atomic E-state index is 13.7. The van der Waals surface area contributed by atoms with Crippen molar-refractivity contribution in [2.75, 3.05) is 44.8 Å². The van der Waals surface area contributed by atoms with E-state index >= 15 is 0 Å². The summed E-state index contributed by atoms with van der Waals surface area (Å²) in [4.78, 5) is 37.1. The molecule has 0 spiro atoms. The summed E-state index contributed by atoms with van der Waals surface area (Å²) in [6.45, 7) is 3.18. The Morgan fingerprint density at radius 2 is 1.67 bits per heavy atom. The molecular weight excluding hydrogens is 590 g/mol. The molecule has 14 nitrogen and oxygen atoms in total. The van der Waals surface area contributed by atoms with E-state index in [4.69, 9.17) is 14.2 Å². The summed E-state index contributed by atoms with van der Waals surface area (Å²) in [5.74, 6) is 0.679. The van der Waals surface area contributed by atoms with E-state index in [-0.39, 0.29) is 24.0 Å². The maximum atomic E-state index is 13.7. The molecule has 1 aliphatic carbocycles. The molecule has 0 aromatic carbocycles. The summed E-state index contributed by atoms with van der Waals surface area (Å²) >= 11 is 0. The van der Waals surface area contributed by atoms with E-state index in [2.05, 4.69) is 37.1 Å². The van der Waals surface area contributed by atoms with Crippen molar-refractivity contribution in [1.82, 2.24) is 35.1 Å². The van der Waals surface area contributed by atoms with E-state index in [0.29, 0.717) is 85.0 Å². The van der Waals surface area contributed by atoms with Gasteiger partial charge in [0.1, 0.15) is 19.3 Å². The molecule has 0 unspecified atom stereocenters. The van der Waals surface area contributed by atoms with Gasteiger partial charge >= 0.3 is 6.03 Å². The standard InChI is InChI=1S/C32H33N9O5/c33-16-20-13-24-5-6-28(41(24)36-17-20)27-15-26(37-23-14-29-31(35-18-23)46-12-11-45-29)25(19-34-27)30(42)38-21-1-3-22(4-2-21)39-32(43)40-7-9-44-10-8-40/h5-6,13-15,17-19,21-22H,1-4,7-12H2,(H,34,37)(H,38,42)(H,39,43)/t21-,22-. The first-order chi connectivity index (χ1) is 22.5. The number of morpholine rings is 1. The molecule has 1 saturated heterocycles. The molecule has 3 aliphatic rings. The molecule has 0 bridgehead atoms. The predicted octanol–water partition coefficient (Wildman–Crippen LogP) is 3.26. The Labute approximate surface area is 264 Å². The Balaban J connectivity index is 1.09. The van der Waals surface area contributed by atoms with E-state index in [9.17, 15) is 14.9 Å². The molecule has 0 atom stereocenters. The van der Waals surface area contributed by atoms with E-state index in [0.717, 1.165) is 31.2 Å². The molecule has 2 aliphatic heterocycles. The quantitative estimate of drug-likeness (QED) is 0.290. The average Bonchev–Trinajstić information content (AvgIpc) is 3.53. The zero-order valence-electron chi connectivity index (χ0n) is 25.1. The molecule has 46 heavy (non-hydrogen) atoms. The lowest BCUT2D eigenvalue weighted by atomic mass is 9.91. The fourth-order valence-corrected chi connectivity index (χ4v) is 5.97. The third kappa shape index (κ3) is 6.22. The highest BCUT2D eigenvalue weighted by Crippen LogP contribution is 2.33. The summed E-state index contributed by atoms with van der Waals surface area (Å²) in [7, 11) is 0. The minimum Gasteiger partial charge on any atom is -0.484 e. The minimum absolute atomic E-state index is 0.0411. The number of hydrogen-bond acceptors (Lipinski definition) is 10. The van der Waals surface area contributed by atoms with Crippen molar-refractivity contribution in [3.05, 3.63) is 60.0 Å². The Morgan fingerprint density at radius 1 is 0.891 bits per heavy atom. The van der Waals surface area contributed by atoms with Gasteiger partial charge in [-0.1, -0.05) is 0 Å². The number of urea groups is 1. The number of pyridine rings is 2. The lowest BCUT2D eigenvalue weighted by Gasteiger charge is -2.33. The van der Waals surface area contributed by atoms with Crippen LogP contribution in [0, 0.1) is 11.3 Å². The lowest BCUT2D eigenvalue weighted by Crippen LogP contribution is -2.51. The molecule has 0 radical (unpaired) electrons. The van der Waals surface area contributed by atoms with Crippen LogP contribution in [0.5, 0.6) is 11.6 Å². The highest BCUT2D eigenvalue weighted by atomic mass is 16.6. The van der Waals surface area contributed by atoms with Crippen LogP contribution in [-0.4, -0.2) is 88.0 Å². The van der Waals surface area contributed by atoms with Gasteiger partial charge in [-0.15, -0.1) is 0 Å². The summed E-state index contributed by atoms with van der Waals surface area (Å²) in [5.41, 5.74) is 3.99. The van der Waals surface area contributed by atoms with Gasteiger partial charge in [0, 0.05) is 37.4 Å². The Kier molecular flexibility index (Phi) is 8.22. The number of nitrogens with zero attached hydrogens (tertiary/aromatic N) is 6. The normalized spacial score (nSPS) is 19.2. The Hall–Kier alpha value is -5.42. The van der Waals surface area contributed by atoms with Gasteiger partial charge < -0.3 is 35.1 Å². The van der Waals surface area contributed by atoms with Crippen LogP contribution in [-0.2, 0) is 4.74 Å². The Morgan fingerprint density at radius 3 is 2.48 bits per heavy atom. The third-order valence-corrected chi connectivity index (χ3v) is 8.41. The number of rotatable bonds is 6. The van der Waals surface area contributed by atoms with Crippen molar-refractivity contribution < 1.29 is 23.8 Å². The highest BCUT2D eigenvalue weighted by Gasteiger charge is 2.27. The van der Waals surface area contributed by atoms with Gasteiger partial charge in [-0.2, -0.15) is 10.4 Å². The summed E-state index contributed by atoms with van der Waals surface area (Å²) in [5, 5.41) is 23.3. The number of hydrogen-bond donors (Lipinski definition) is 3. The zero-order chi connectivity index (χ0) is 31.5. The van der Waals surface area contributed by atoms with Crippen molar-refractivity contribution in [3.8, 4) is 29.1 Å². The molecule has 3 amide bonds. The number of nitrogens with one attached hydrogen (secondary N) is 3. The van der Waals surface area contributed by atoms with Crippen LogP contribution < -0.4 is 25.4 Å². The predicted molar refractivity (Wildman–Crippen MR) is 166 cm³/mol. The number of carbonyl (C=O) groups is 2. The lowest BCUT2D eigenvalue weighted by molar-refractivity contribution is 0.0520. The second-order valence-electron chi connectivity index (χ2n) is 11.4. The van der Waals surface area contributed by atoms with Gasteiger partial charge in [-0.25, -0.2) is 14.3 Å². The second kappa shape index (κ2) is 12.9. The molecule has 14 heteroatoms. The molecule has 4 aromatic rings. The van der Waals surface area contributed by atoms with Crippen molar-refractivity contribution in [2.24, 2.45) is 0 Å². The number of carbonyl (C=O) groups excluding carboxylic acids is 2. The van der Waals surface area contributed by atoms with E-state index in [1.807, 2.05) is 12.1 Å². The van der Waals surface area contributed by atoms with Crippen LogP contribution >= 0.6 is 0 Å².